The second-order valence-electron chi connectivity index (χ2n) is 5.69. The summed E-state index contributed by atoms with van der Waals surface area (Å²) in [5, 5.41) is 3.10. The lowest BCUT2D eigenvalue weighted by molar-refractivity contribution is 0.0511. The molecule has 1 fully saturated rings. The summed E-state index contributed by atoms with van der Waals surface area (Å²) in [4.78, 5) is 19.5. The molecule has 1 aromatic rings. The van der Waals surface area contributed by atoms with Crippen LogP contribution in [0.15, 0.2) is 12.5 Å². The number of amides is 1. The highest BCUT2D eigenvalue weighted by Crippen LogP contribution is 2.35. The molecule has 1 aromatic heterocycles. The molecule has 1 N–H and O–H groups in total. The van der Waals surface area contributed by atoms with Crippen molar-refractivity contribution >= 4 is 17.7 Å². The molecule has 0 atom stereocenters. The number of carbonyl (C=O) groups is 1. The zero-order chi connectivity index (χ0) is 14.8. The molecule has 1 saturated carbocycles. The zero-order valence-electron chi connectivity index (χ0n) is 11.7. The lowest BCUT2D eigenvalue weighted by atomic mass is 10.2. The van der Waals surface area contributed by atoms with Gasteiger partial charge in [0.25, 0.3) is 0 Å². The van der Waals surface area contributed by atoms with Gasteiger partial charge in [0.2, 0.25) is 0 Å². The largest absolute Gasteiger partial charge is 0.444 e. The summed E-state index contributed by atoms with van der Waals surface area (Å²) < 4.78 is 5.22. The second-order valence-corrected chi connectivity index (χ2v) is 6.04. The van der Waals surface area contributed by atoms with Crippen molar-refractivity contribution in [3.63, 3.8) is 0 Å². The molecule has 0 bridgehead atoms. The summed E-state index contributed by atoms with van der Waals surface area (Å²) in [6.07, 6.45) is 4.04. The van der Waals surface area contributed by atoms with Crippen LogP contribution < -0.4 is 5.32 Å². The fourth-order valence-electron chi connectivity index (χ4n) is 1.49. The quantitative estimate of drug-likeness (QED) is 0.638. The van der Waals surface area contributed by atoms with Gasteiger partial charge in [0.05, 0.1) is 5.56 Å². The lowest BCUT2D eigenvalue weighted by Gasteiger charge is -2.21. The van der Waals surface area contributed by atoms with Crippen LogP contribution in [-0.2, 0) is 4.74 Å². The Morgan fingerprint density at radius 1 is 1.50 bits per heavy atom. The number of nitrogens with one attached hydrogen (secondary N) is 1. The molecule has 0 spiro atoms. The van der Waals surface area contributed by atoms with Crippen molar-refractivity contribution in [3.05, 3.63) is 23.2 Å². The molecule has 0 saturated heterocycles. The van der Waals surface area contributed by atoms with E-state index in [-0.39, 0.29) is 0 Å². The van der Waals surface area contributed by atoms with E-state index in [1.807, 2.05) is 20.8 Å². The van der Waals surface area contributed by atoms with E-state index in [2.05, 4.69) is 27.1 Å². The van der Waals surface area contributed by atoms with E-state index in [4.69, 9.17) is 16.3 Å². The van der Waals surface area contributed by atoms with Crippen LogP contribution in [0.3, 0.4) is 0 Å². The zero-order valence-corrected chi connectivity index (χ0v) is 12.4. The molecule has 0 aliphatic heterocycles. The number of nitrogens with zero attached hydrogens (tertiary/aromatic N) is 2. The molecule has 1 aliphatic carbocycles. The predicted molar refractivity (Wildman–Crippen MR) is 75.3 cm³/mol. The Morgan fingerprint density at radius 2 is 2.20 bits per heavy atom. The Labute approximate surface area is 123 Å². The van der Waals surface area contributed by atoms with Crippen molar-refractivity contribution in [1.29, 1.82) is 0 Å². The number of aromatic nitrogens is 2. The maximum Gasteiger partial charge on any atom is 0.408 e. The minimum absolute atomic E-state index is 0.306. The topological polar surface area (TPSA) is 64.1 Å². The van der Waals surface area contributed by atoms with Gasteiger partial charge in [0.1, 0.15) is 22.6 Å². The van der Waals surface area contributed by atoms with Crippen molar-refractivity contribution in [1.82, 2.24) is 15.3 Å². The van der Waals surface area contributed by atoms with Crippen molar-refractivity contribution in [2.45, 2.75) is 44.8 Å². The fourth-order valence-corrected chi connectivity index (χ4v) is 1.63. The molecule has 6 heteroatoms. The SMILES string of the molecule is CC(C)(C)OC(=O)NC1(C#Cc2cncnc2Cl)CC1. The van der Waals surface area contributed by atoms with Gasteiger partial charge in [0.15, 0.2) is 0 Å². The average Bonchev–Trinajstić information content (AvgIpc) is 3.05. The Hall–Kier alpha value is -1.80. The Morgan fingerprint density at radius 3 is 2.75 bits per heavy atom. The van der Waals surface area contributed by atoms with Gasteiger partial charge in [-0.1, -0.05) is 23.4 Å². The van der Waals surface area contributed by atoms with Gasteiger partial charge >= 0.3 is 6.09 Å². The number of alkyl carbamates (subject to hydrolysis) is 1. The first-order valence-electron chi connectivity index (χ1n) is 6.30. The van der Waals surface area contributed by atoms with Gasteiger partial charge in [-0.05, 0) is 33.6 Å². The van der Waals surface area contributed by atoms with E-state index in [1.54, 1.807) is 6.20 Å². The fraction of sp³-hybridized carbons (Fsp3) is 0.500. The van der Waals surface area contributed by atoms with Crippen LogP contribution in [0.5, 0.6) is 0 Å². The van der Waals surface area contributed by atoms with Crippen LogP contribution in [0.1, 0.15) is 39.2 Å². The molecule has 1 heterocycles. The molecular weight excluding hydrogens is 278 g/mol. The van der Waals surface area contributed by atoms with Gasteiger partial charge < -0.3 is 10.1 Å². The molecule has 1 aliphatic rings. The molecule has 5 nitrogen and oxygen atoms in total. The summed E-state index contributed by atoms with van der Waals surface area (Å²) >= 11 is 5.90. The maximum absolute atomic E-state index is 11.7. The molecule has 2 rings (SSSR count). The molecule has 106 valence electrons. The van der Waals surface area contributed by atoms with Crippen LogP contribution in [-0.4, -0.2) is 27.2 Å². The predicted octanol–water partition coefficient (Wildman–Crippen LogP) is 2.54. The Bertz CT molecular complexity index is 580. The monoisotopic (exact) mass is 293 g/mol. The summed E-state index contributed by atoms with van der Waals surface area (Å²) in [6, 6.07) is 0. The van der Waals surface area contributed by atoms with Crippen LogP contribution >= 0.6 is 11.6 Å². The smallest absolute Gasteiger partial charge is 0.408 e. The average molecular weight is 294 g/mol. The molecule has 0 aromatic carbocycles. The van der Waals surface area contributed by atoms with E-state index in [9.17, 15) is 4.79 Å². The lowest BCUT2D eigenvalue weighted by Crippen LogP contribution is -2.39. The van der Waals surface area contributed by atoms with Crippen molar-refractivity contribution < 1.29 is 9.53 Å². The number of hydrogen-bond donors (Lipinski definition) is 1. The number of carbonyl (C=O) groups excluding carboxylic acids is 1. The number of rotatable bonds is 1. The summed E-state index contributed by atoms with van der Waals surface area (Å²) in [5.41, 5.74) is -0.488. The molecule has 0 radical (unpaired) electrons. The number of hydrogen-bond acceptors (Lipinski definition) is 4. The summed E-state index contributed by atoms with van der Waals surface area (Å²) in [5.74, 6) is 5.92. The highest BCUT2D eigenvalue weighted by Gasteiger charge is 2.43. The van der Waals surface area contributed by atoms with Crippen LogP contribution in [0.4, 0.5) is 4.79 Å². The highest BCUT2D eigenvalue weighted by molar-refractivity contribution is 6.30. The van der Waals surface area contributed by atoms with E-state index >= 15 is 0 Å². The standard InChI is InChI=1S/C14H16ClN3O2/c1-13(2,3)20-12(19)18-14(6-7-14)5-4-10-8-16-9-17-11(10)15/h8-9H,6-7H2,1-3H3,(H,18,19). The van der Waals surface area contributed by atoms with Gasteiger partial charge in [-0.3, -0.25) is 0 Å². The molecule has 0 unspecified atom stereocenters. The number of ether oxygens (including phenoxy) is 1. The van der Waals surface area contributed by atoms with Crippen LogP contribution in [0.2, 0.25) is 5.15 Å². The Balaban J connectivity index is 2.03. The third kappa shape index (κ3) is 4.10. The van der Waals surface area contributed by atoms with Gasteiger partial charge in [-0.25, -0.2) is 14.8 Å². The third-order valence-electron chi connectivity index (χ3n) is 2.59. The van der Waals surface area contributed by atoms with Crippen molar-refractivity contribution in [2.24, 2.45) is 0 Å². The van der Waals surface area contributed by atoms with E-state index in [0.717, 1.165) is 12.8 Å². The molecule has 1 amide bonds. The minimum Gasteiger partial charge on any atom is -0.444 e. The van der Waals surface area contributed by atoms with E-state index < -0.39 is 17.2 Å². The number of halogens is 1. The van der Waals surface area contributed by atoms with Gasteiger partial charge in [-0.15, -0.1) is 0 Å². The summed E-state index contributed by atoms with van der Waals surface area (Å²) in [6.45, 7) is 5.46. The molecule has 20 heavy (non-hydrogen) atoms. The van der Waals surface area contributed by atoms with Gasteiger partial charge in [0, 0.05) is 6.20 Å². The highest BCUT2D eigenvalue weighted by atomic mass is 35.5. The Kier molecular flexibility index (Phi) is 3.87. The van der Waals surface area contributed by atoms with Crippen molar-refractivity contribution in [3.8, 4) is 11.8 Å². The molecular formula is C14H16ClN3O2. The maximum atomic E-state index is 11.7. The second kappa shape index (κ2) is 5.29. The first-order chi connectivity index (χ1) is 9.30. The summed E-state index contributed by atoms with van der Waals surface area (Å²) in [7, 11) is 0. The van der Waals surface area contributed by atoms with Gasteiger partial charge in [-0.2, -0.15) is 0 Å². The minimum atomic E-state index is -0.524. The van der Waals surface area contributed by atoms with E-state index in [1.165, 1.54) is 6.33 Å². The van der Waals surface area contributed by atoms with Crippen LogP contribution in [0.25, 0.3) is 0 Å². The van der Waals surface area contributed by atoms with Crippen LogP contribution in [0, 0.1) is 11.8 Å². The van der Waals surface area contributed by atoms with Crippen molar-refractivity contribution in [2.75, 3.05) is 0 Å². The first-order valence-corrected chi connectivity index (χ1v) is 6.67. The van der Waals surface area contributed by atoms with E-state index in [0.29, 0.717) is 10.7 Å². The first kappa shape index (κ1) is 14.6. The normalized spacial score (nSPS) is 15.8. The third-order valence-corrected chi connectivity index (χ3v) is 2.89.